The van der Waals surface area contributed by atoms with Gasteiger partial charge in [0.25, 0.3) is 0 Å². The maximum Gasteiger partial charge on any atom is 0.226 e. The highest BCUT2D eigenvalue weighted by atomic mass is 16.5. The molecule has 0 unspecified atom stereocenters. The van der Waals surface area contributed by atoms with Gasteiger partial charge in [-0.15, -0.1) is 0 Å². The van der Waals surface area contributed by atoms with Crippen LogP contribution in [0.3, 0.4) is 0 Å². The number of nitrogen functional groups attached to an aromatic ring is 1. The van der Waals surface area contributed by atoms with Crippen LogP contribution in [-0.2, 0) is 6.54 Å². The van der Waals surface area contributed by atoms with Crippen molar-refractivity contribution in [2.24, 2.45) is 0 Å². The number of rotatable bonds is 3. The highest BCUT2D eigenvalue weighted by molar-refractivity contribution is 5.32. The van der Waals surface area contributed by atoms with E-state index in [2.05, 4.69) is 10.5 Å². The van der Waals surface area contributed by atoms with Gasteiger partial charge in [0.15, 0.2) is 0 Å². The average Bonchev–Trinajstić information content (AvgIpc) is 2.72. The molecule has 2 rings (SSSR count). The van der Waals surface area contributed by atoms with Crippen molar-refractivity contribution in [1.82, 2.24) is 10.5 Å². The van der Waals surface area contributed by atoms with Gasteiger partial charge in [0.05, 0.1) is 11.8 Å². The van der Waals surface area contributed by atoms with Crippen molar-refractivity contribution in [1.29, 1.82) is 0 Å². The van der Waals surface area contributed by atoms with Crippen molar-refractivity contribution >= 4 is 5.88 Å². The normalized spacial score (nSPS) is 18.2. The molecule has 13 heavy (non-hydrogen) atoms. The Bertz CT molecular complexity index is 266. The van der Waals surface area contributed by atoms with Crippen molar-refractivity contribution in [3.8, 4) is 0 Å². The third kappa shape index (κ3) is 2.01. The first-order chi connectivity index (χ1) is 6.36. The minimum absolute atomic E-state index is 0.436. The summed E-state index contributed by atoms with van der Waals surface area (Å²) in [6.45, 7) is 0.778. The SMILES string of the molecule is Nc1oncc1CNC1CCCC1. The minimum Gasteiger partial charge on any atom is -0.367 e. The van der Waals surface area contributed by atoms with Crippen LogP contribution >= 0.6 is 0 Å². The molecule has 3 N–H and O–H groups in total. The van der Waals surface area contributed by atoms with Crippen molar-refractivity contribution in [2.75, 3.05) is 5.73 Å². The summed E-state index contributed by atoms with van der Waals surface area (Å²) in [5.41, 5.74) is 6.52. The van der Waals surface area contributed by atoms with Gasteiger partial charge < -0.3 is 15.6 Å². The number of nitrogens with zero attached hydrogens (tertiary/aromatic N) is 1. The van der Waals surface area contributed by atoms with Crippen molar-refractivity contribution in [3.05, 3.63) is 11.8 Å². The van der Waals surface area contributed by atoms with Gasteiger partial charge in [0.1, 0.15) is 0 Å². The Kier molecular flexibility index (Phi) is 2.49. The molecular weight excluding hydrogens is 166 g/mol. The summed E-state index contributed by atoms with van der Waals surface area (Å²) in [5.74, 6) is 0.436. The second-order valence-electron chi connectivity index (χ2n) is 3.58. The lowest BCUT2D eigenvalue weighted by Gasteiger charge is -2.09. The Morgan fingerprint density at radius 1 is 1.54 bits per heavy atom. The monoisotopic (exact) mass is 181 g/mol. The van der Waals surface area contributed by atoms with E-state index in [9.17, 15) is 0 Å². The molecule has 0 amide bonds. The van der Waals surface area contributed by atoms with Gasteiger partial charge in [-0.05, 0) is 12.8 Å². The first-order valence-electron chi connectivity index (χ1n) is 4.78. The zero-order valence-electron chi connectivity index (χ0n) is 7.62. The smallest absolute Gasteiger partial charge is 0.226 e. The largest absolute Gasteiger partial charge is 0.367 e. The van der Waals surface area contributed by atoms with E-state index >= 15 is 0 Å². The molecule has 1 aliphatic carbocycles. The van der Waals surface area contributed by atoms with Crippen LogP contribution in [0, 0.1) is 0 Å². The van der Waals surface area contributed by atoms with Gasteiger partial charge >= 0.3 is 0 Å². The zero-order valence-corrected chi connectivity index (χ0v) is 7.62. The molecule has 4 nitrogen and oxygen atoms in total. The number of hydrogen-bond donors (Lipinski definition) is 2. The van der Waals surface area contributed by atoms with E-state index < -0.39 is 0 Å². The molecule has 1 saturated carbocycles. The van der Waals surface area contributed by atoms with Crippen LogP contribution in [0.1, 0.15) is 31.2 Å². The summed E-state index contributed by atoms with van der Waals surface area (Å²) in [5, 5.41) is 7.07. The maximum atomic E-state index is 5.56. The molecule has 1 aromatic heterocycles. The third-order valence-electron chi connectivity index (χ3n) is 2.61. The van der Waals surface area contributed by atoms with E-state index in [1.54, 1.807) is 6.20 Å². The van der Waals surface area contributed by atoms with Gasteiger partial charge in [-0.1, -0.05) is 18.0 Å². The van der Waals surface area contributed by atoms with Gasteiger partial charge in [-0.3, -0.25) is 0 Å². The Morgan fingerprint density at radius 2 is 2.31 bits per heavy atom. The fourth-order valence-corrected chi connectivity index (χ4v) is 1.79. The fourth-order valence-electron chi connectivity index (χ4n) is 1.79. The summed E-state index contributed by atoms with van der Waals surface area (Å²) < 4.78 is 4.77. The minimum atomic E-state index is 0.436. The number of nitrogens with two attached hydrogens (primary N) is 1. The summed E-state index contributed by atoms with van der Waals surface area (Å²) in [6, 6.07) is 0.661. The van der Waals surface area contributed by atoms with Crippen LogP contribution in [0.4, 0.5) is 5.88 Å². The van der Waals surface area contributed by atoms with Gasteiger partial charge in [-0.2, -0.15) is 0 Å². The van der Waals surface area contributed by atoms with Crippen LogP contribution in [0.5, 0.6) is 0 Å². The number of nitrogens with one attached hydrogen (secondary N) is 1. The van der Waals surface area contributed by atoms with Gasteiger partial charge in [0.2, 0.25) is 5.88 Å². The molecular formula is C9H15N3O. The molecule has 0 atom stereocenters. The van der Waals surface area contributed by atoms with Gasteiger partial charge in [0, 0.05) is 12.6 Å². The number of hydrogen-bond acceptors (Lipinski definition) is 4. The average molecular weight is 181 g/mol. The molecule has 72 valence electrons. The second-order valence-corrected chi connectivity index (χ2v) is 3.58. The predicted octanol–water partition coefficient (Wildman–Crippen LogP) is 1.29. The van der Waals surface area contributed by atoms with Crippen molar-refractivity contribution < 1.29 is 4.52 Å². The molecule has 0 bridgehead atoms. The summed E-state index contributed by atoms with van der Waals surface area (Å²) in [4.78, 5) is 0. The Balaban J connectivity index is 1.82. The lowest BCUT2D eigenvalue weighted by atomic mass is 10.2. The number of anilines is 1. The van der Waals surface area contributed by atoms with E-state index in [4.69, 9.17) is 10.3 Å². The molecule has 1 aliphatic rings. The summed E-state index contributed by atoms with van der Waals surface area (Å²) in [7, 11) is 0. The van der Waals surface area contributed by atoms with Crippen molar-refractivity contribution in [2.45, 2.75) is 38.3 Å². The molecule has 0 saturated heterocycles. The van der Waals surface area contributed by atoms with Crippen LogP contribution < -0.4 is 11.1 Å². The third-order valence-corrected chi connectivity index (χ3v) is 2.61. The van der Waals surface area contributed by atoms with Crippen LogP contribution in [0.25, 0.3) is 0 Å². The van der Waals surface area contributed by atoms with E-state index in [0.717, 1.165) is 12.1 Å². The topological polar surface area (TPSA) is 64.1 Å². The lowest BCUT2D eigenvalue weighted by molar-refractivity contribution is 0.435. The highest BCUT2D eigenvalue weighted by Crippen LogP contribution is 2.18. The zero-order chi connectivity index (χ0) is 9.10. The van der Waals surface area contributed by atoms with Crippen molar-refractivity contribution in [3.63, 3.8) is 0 Å². The molecule has 0 aromatic carbocycles. The van der Waals surface area contributed by atoms with Gasteiger partial charge in [-0.25, -0.2) is 0 Å². The van der Waals surface area contributed by atoms with E-state index in [1.165, 1.54) is 25.7 Å². The summed E-state index contributed by atoms with van der Waals surface area (Å²) in [6.07, 6.45) is 6.93. The second kappa shape index (κ2) is 3.79. The first-order valence-corrected chi connectivity index (χ1v) is 4.78. The molecule has 4 heteroatoms. The van der Waals surface area contributed by atoms with Crippen LogP contribution in [-0.4, -0.2) is 11.2 Å². The predicted molar refractivity (Wildman–Crippen MR) is 50.0 cm³/mol. The molecule has 1 aromatic rings. The van der Waals surface area contributed by atoms with E-state index in [1.807, 2.05) is 0 Å². The quantitative estimate of drug-likeness (QED) is 0.737. The maximum absolute atomic E-state index is 5.56. The van der Waals surface area contributed by atoms with E-state index in [-0.39, 0.29) is 0 Å². The Hall–Kier alpha value is -1.03. The first kappa shape index (κ1) is 8.56. The molecule has 0 aliphatic heterocycles. The molecule has 1 fully saturated rings. The fraction of sp³-hybridized carbons (Fsp3) is 0.667. The van der Waals surface area contributed by atoms with E-state index in [0.29, 0.717) is 11.9 Å². The molecule has 1 heterocycles. The number of aromatic nitrogens is 1. The lowest BCUT2D eigenvalue weighted by Crippen LogP contribution is -2.25. The van der Waals surface area contributed by atoms with Crippen LogP contribution in [0.2, 0.25) is 0 Å². The summed E-state index contributed by atoms with van der Waals surface area (Å²) >= 11 is 0. The molecule has 0 spiro atoms. The highest BCUT2D eigenvalue weighted by Gasteiger charge is 2.14. The van der Waals surface area contributed by atoms with Crippen LogP contribution in [0.15, 0.2) is 10.7 Å². The molecule has 0 radical (unpaired) electrons. The standard InChI is InChI=1S/C9H15N3O/c10-9-7(6-12-13-9)5-11-8-3-1-2-4-8/h6,8,11H,1-5,10H2. The Labute approximate surface area is 77.5 Å². The Morgan fingerprint density at radius 3 is 2.92 bits per heavy atom.